The van der Waals surface area contributed by atoms with Gasteiger partial charge >= 0.3 is 0 Å². The summed E-state index contributed by atoms with van der Waals surface area (Å²) in [5, 5.41) is 19.8. The number of ether oxygens (including phenoxy) is 1. The van der Waals surface area contributed by atoms with Crippen molar-refractivity contribution < 1.29 is 14.9 Å². The summed E-state index contributed by atoms with van der Waals surface area (Å²) in [4.78, 5) is 2.32. The van der Waals surface area contributed by atoms with Crippen LogP contribution in [0.4, 0.5) is 0 Å². The number of nitrogens with zero attached hydrogens (tertiary/aromatic N) is 1. The Kier molecular flexibility index (Phi) is 5.26. The minimum Gasteiger partial charge on any atom is -0.504 e. The fourth-order valence-corrected chi connectivity index (χ4v) is 2.80. The number of piperidine rings is 1. The molecule has 1 fully saturated rings. The van der Waals surface area contributed by atoms with E-state index in [1.54, 1.807) is 6.07 Å². The lowest BCUT2D eigenvalue weighted by molar-refractivity contribution is 0.0692. The highest BCUT2D eigenvalue weighted by atomic mass is 16.5. The lowest BCUT2D eigenvalue weighted by Crippen LogP contribution is -2.36. The highest BCUT2D eigenvalue weighted by Gasteiger charge is 2.23. The third kappa shape index (κ3) is 3.64. The van der Waals surface area contributed by atoms with E-state index in [0.717, 1.165) is 38.0 Å². The first-order valence-corrected chi connectivity index (χ1v) is 7.46. The van der Waals surface area contributed by atoms with Crippen molar-refractivity contribution in [1.82, 2.24) is 4.90 Å². The largest absolute Gasteiger partial charge is 0.504 e. The fraction of sp³-hybridized carbons (Fsp3) is 0.625. The maximum Gasteiger partial charge on any atom is 0.162 e. The van der Waals surface area contributed by atoms with Crippen LogP contribution in [-0.4, -0.2) is 40.9 Å². The molecule has 1 unspecified atom stereocenters. The molecule has 2 N–H and O–H groups in total. The average Bonchev–Trinajstić information content (AvgIpc) is 2.44. The van der Waals surface area contributed by atoms with Crippen molar-refractivity contribution in [2.75, 3.05) is 19.7 Å². The summed E-state index contributed by atoms with van der Waals surface area (Å²) >= 11 is 0. The standard InChI is InChI=1S/C16H25NO3/c1-3-20-15-6-4-5-14(16(15)19)11-17-9-7-13(8-10-17)12(2)18/h4-6,12-13,18-19H,3,7-11H2,1-2H3. The van der Waals surface area contributed by atoms with Gasteiger partial charge in [-0.2, -0.15) is 0 Å². The number of hydrogen-bond acceptors (Lipinski definition) is 4. The highest BCUT2D eigenvalue weighted by molar-refractivity contribution is 5.45. The van der Waals surface area contributed by atoms with Gasteiger partial charge in [-0.15, -0.1) is 0 Å². The summed E-state index contributed by atoms with van der Waals surface area (Å²) in [6.45, 7) is 7.00. The Morgan fingerprint density at radius 3 is 2.65 bits per heavy atom. The molecule has 1 aromatic carbocycles. The minimum absolute atomic E-state index is 0.216. The zero-order valence-electron chi connectivity index (χ0n) is 12.4. The zero-order chi connectivity index (χ0) is 14.5. The fourth-order valence-electron chi connectivity index (χ4n) is 2.80. The number of phenols is 1. The van der Waals surface area contributed by atoms with Crippen molar-refractivity contribution in [3.05, 3.63) is 23.8 Å². The molecule has 0 spiro atoms. The maximum atomic E-state index is 10.2. The van der Waals surface area contributed by atoms with Gasteiger partial charge in [-0.1, -0.05) is 12.1 Å². The van der Waals surface area contributed by atoms with Crippen LogP contribution in [0.25, 0.3) is 0 Å². The van der Waals surface area contributed by atoms with E-state index in [4.69, 9.17) is 4.74 Å². The van der Waals surface area contributed by atoms with Gasteiger partial charge in [0.25, 0.3) is 0 Å². The van der Waals surface area contributed by atoms with Gasteiger partial charge in [0, 0.05) is 12.1 Å². The average molecular weight is 279 g/mol. The van der Waals surface area contributed by atoms with Crippen LogP contribution < -0.4 is 4.74 Å². The quantitative estimate of drug-likeness (QED) is 0.869. The number of aliphatic hydroxyl groups is 1. The summed E-state index contributed by atoms with van der Waals surface area (Å²) < 4.78 is 5.41. The van der Waals surface area contributed by atoms with E-state index >= 15 is 0 Å². The molecule has 0 bridgehead atoms. The van der Waals surface area contributed by atoms with Gasteiger partial charge in [0.1, 0.15) is 0 Å². The first-order chi connectivity index (χ1) is 9.61. The Bertz CT molecular complexity index is 426. The van der Waals surface area contributed by atoms with E-state index < -0.39 is 0 Å². The molecule has 1 heterocycles. The second-order valence-electron chi connectivity index (χ2n) is 5.55. The van der Waals surface area contributed by atoms with Gasteiger partial charge in [-0.25, -0.2) is 0 Å². The molecule has 0 radical (unpaired) electrons. The molecule has 0 aromatic heterocycles. The van der Waals surface area contributed by atoms with Crippen molar-refractivity contribution in [3.63, 3.8) is 0 Å². The summed E-state index contributed by atoms with van der Waals surface area (Å²) in [6.07, 6.45) is 1.82. The monoisotopic (exact) mass is 279 g/mol. The van der Waals surface area contributed by atoms with E-state index in [-0.39, 0.29) is 11.9 Å². The first kappa shape index (κ1) is 15.1. The first-order valence-electron chi connectivity index (χ1n) is 7.46. The normalized spacial score (nSPS) is 18.9. The van der Waals surface area contributed by atoms with Gasteiger partial charge in [0.2, 0.25) is 0 Å². The summed E-state index contributed by atoms with van der Waals surface area (Å²) in [5.74, 6) is 1.23. The van der Waals surface area contributed by atoms with Crippen molar-refractivity contribution in [3.8, 4) is 11.5 Å². The molecule has 1 aliphatic heterocycles. The van der Waals surface area contributed by atoms with Gasteiger partial charge in [0.15, 0.2) is 11.5 Å². The predicted octanol–water partition coefficient (Wildman–Crippen LogP) is 2.38. The molecule has 4 heteroatoms. The number of likely N-dealkylation sites (tertiary alicyclic amines) is 1. The smallest absolute Gasteiger partial charge is 0.162 e. The topological polar surface area (TPSA) is 52.9 Å². The minimum atomic E-state index is -0.216. The second-order valence-corrected chi connectivity index (χ2v) is 5.55. The Morgan fingerprint density at radius 2 is 2.05 bits per heavy atom. The maximum absolute atomic E-state index is 10.2. The molecular formula is C16H25NO3. The molecule has 1 atom stereocenters. The SMILES string of the molecule is CCOc1cccc(CN2CCC(C(C)O)CC2)c1O. The van der Waals surface area contributed by atoms with Crippen LogP contribution in [0.2, 0.25) is 0 Å². The molecule has 0 saturated carbocycles. The number of para-hydroxylation sites is 1. The van der Waals surface area contributed by atoms with Crippen LogP contribution in [0.5, 0.6) is 11.5 Å². The van der Waals surface area contributed by atoms with Crippen LogP contribution >= 0.6 is 0 Å². The molecule has 112 valence electrons. The number of benzene rings is 1. The molecule has 1 saturated heterocycles. The lowest BCUT2D eigenvalue weighted by Gasteiger charge is -2.33. The van der Waals surface area contributed by atoms with Crippen molar-refractivity contribution in [2.24, 2.45) is 5.92 Å². The number of aliphatic hydroxyl groups excluding tert-OH is 1. The Hall–Kier alpha value is -1.26. The van der Waals surface area contributed by atoms with Gasteiger partial charge in [-0.05, 0) is 51.8 Å². The number of rotatable bonds is 5. The summed E-state index contributed by atoms with van der Waals surface area (Å²) in [5.41, 5.74) is 0.909. The molecule has 2 rings (SSSR count). The van der Waals surface area contributed by atoms with Crippen molar-refractivity contribution >= 4 is 0 Å². The molecular weight excluding hydrogens is 254 g/mol. The Balaban J connectivity index is 1.96. The van der Waals surface area contributed by atoms with E-state index in [9.17, 15) is 10.2 Å². The molecule has 4 nitrogen and oxygen atoms in total. The Morgan fingerprint density at radius 1 is 1.35 bits per heavy atom. The molecule has 20 heavy (non-hydrogen) atoms. The Labute approximate surface area is 121 Å². The lowest BCUT2D eigenvalue weighted by atomic mass is 9.92. The third-order valence-electron chi connectivity index (χ3n) is 4.09. The summed E-state index contributed by atoms with van der Waals surface area (Å²) in [7, 11) is 0. The van der Waals surface area contributed by atoms with E-state index in [1.807, 2.05) is 26.0 Å². The van der Waals surface area contributed by atoms with Crippen molar-refractivity contribution in [2.45, 2.75) is 39.3 Å². The van der Waals surface area contributed by atoms with E-state index in [2.05, 4.69) is 4.90 Å². The van der Waals surface area contributed by atoms with Gasteiger partial charge in [-0.3, -0.25) is 4.90 Å². The van der Waals surface area contributed by atoms with Gasteiger partial charge < -0.3 is 14.9 Å². The third-order valence-corrected chi connectivity index (χ3v) is 4.09. The van der Waals surface area contributed by atoms with Crippen LogP contribution in [0.15, 0.2) is 18.2 Å². The number of phenolic OH excluding ortho intramolecular Hbond substituents is 1. The van der Waals surface area contributed by atoms with Crippen LogP contribution in [-0.2, 0) is 6.54 Å². The zero-order valence-corrected chi connectivity index (χ0v) is 12.4. The van der Waals surface area contributed by atoms with Gasteiger partial charge in [0.05, 0.1) is 12.7 Å². The second kappa shape index (κ2) is 6.95. The van der Waals surface area contributed by atoms with E-state index in [1.165, 1.54) is 0 Å². The van der Waals surface area contributed by atoms with E-state index in [0.29, 0.717) is 18.3 Å². The predicted molar refractivity (Wildman–Crippen MR) is 79.0 cm³/mol. The highest BCUT2D eigenvalue weighted by Crippen LogP contribution is 2.31. The number of hydrogen-bond donors (Lipinski definition) is 2. The molecule has 0 amide bonds. The molecule has 1 aliphatic rings. The number of aromatic hydroxyl groups is 1. The van der Waals surface area contributed by atoms with Crippen LogP contribution in [0.3, 0.4) is 0 Å². The molecule has 0 aliphatic carbocycles. The van der Waals surface area contributed by atoms with Crippen molar-refractivity contribution in [1.29, 1.82) is 0 Å². The summed E-state index contributed by atoms with van der Waals surface area (Å²) in [6, 6.07) is 5.66. The molecule has 1 aromatic rings. The van der Waals surface area contributed by atoms with Crippen LogP contribution in [0, 0.1) is 5.92 Å². The van der Waals surface area contributed by atoms with Crippen LogP contribution in [0.1, 0.15) is 32.3 Å².